The third-order valence-electron chi connectivity index (χ3n) is 2.78. The van der Waals surface area contributed by atoms with Crippen molar-refractivity contribution in [1.29, 1.82) is 5.26 Å². The number of nitrogens with zero attached hydrogens (tertiary/aromatic N) is 1. The SMILES string of the molecule is CNC(=O)c1ccc(N)c(Oc2ccc(C#N)cc2F)c1. The van der Waals surface area contributed by atoms with Gasteiger partial charge in [-0.3, -0.25) is 4.79 Å². The zero-order chi connectivity index (χ0) is 15.4. The van der Waals surface area contributed by atoms with E-state index in [1.54, 1.807) is 0 Å². The number of ether oxygens (including phenoxy) is 1. The van der Waals surface area contributed by atoms with Crippen molar-refractivity contribution in [2.75, 3.05) is 12.8 Å². The molecule has 0 atom stereocenters. The maximum absolute atomic E-state index is 13.8. The van der Waals surface area contributed by atoms with E-state index >= 15 is 0 Å². The number of hydrogen-bond donors (Lipinski definition) is 2. The lowest BCUT2D eigenvalue weighted by Crippen LogP contribution is -2.17. The van der Waals surface area contributed by atoms with Crippen LogP contribution in [0.1, 0.15) is 15.9 Å². The molecular weight excluding hydrogens is 273 g/mol. The summed E-state index contributed by atoms with van der Waals surface area (Å²) in [5.41, 5.74) is 6.55. The molecule has 3 N–H and O–H groups in total. The minimum absolute atomic E-state index is 0.0743. The Bertz CT molecular complexity index is 738. The molecule has 106 valence electrons. The number of benzene rings is 2. The Morgan fingerprint density at radius 3 is 2.67 bits per heavy atom. The van der Waals surface area contributed by atoms with Gasteiger partial charge >= 0.3 is 0 Å². The van der Waals surface area contributed by atoms with Gasteiger partial charge in [0.15, 0.2) is 17.3 Å². The Balaban J connectivity index is 2.35. The summed E-state index contributed by atoms with van der Waals surface area (Å²) in [5.74, 6) is -0.895. The van der Waals surface area contributed by atoms with Crippen LogP contribution >= 0.6 is 0 Å². The third kappa shape index (κ3) is 3.09. The van der Waals surface area contributed by atoms with Gasteiger partial charge < -0.3 is 15.8 Å². The van der Waals surface area contributed by atoms with E-state index in [1.807, 2.05) is 6.07 Å². The number of nitrogens with one attached hydrogen (secondary N) is 1. The Morgan fingerprint density at radius 1 is 1.29 bits per heavy atom. The molecule has 0 aromatic heterocycles. The summed E-state index contributed by atoms with van der Waals surface area (Å²) in [6, 6.07) is 10.1. The lowest BCUT2D eigenvalue weighted by atomic mass is 10.1. The van der Waals surface area contributed by atoms with Gasteiger partial charge in [-0.15, -0.1) is 0 Å². The number of nitrogens with two attached hydrogens (primary N) is 1. The topological polar surface area (TPSA) is 88.1 Å². The molecule has 2 rings (SSSR count). The molecule has 0 aliphatic rings. The van der Waals surface area contributed by atoms with Crippen LogP contribution in [-0.4, -0.2) is 13.0 Å². The second-order valence-electron chi connectivity index (χ2n) is 4.19. The summed E-state index contributed by atoms with van der Waals surface area (Å²) in [5, 5.41) is 11.2. The van der Waals surface area contributed by atoms with Crippen LogP contribution in [0.2, 0.25) is 0 Å². The fourth-order valence-corrected chi connectivity index (χ4v) is 1.68. The van der Waals surface area contributed by atoms with E-state index in [9.17, 15) is 9.18 Å². The van der Waals surface area contributed by atoms with Crippen molar-refractivity contribution in [3.8, 4) is 17.6 Å². The highest BCUT2D eigenvalue weighted by Crippen LogP contribution is 2.30. The third-order valence-corrected chi connectivity index (χ3v) is 2.78. The second kappa shape index (κ2) is 5.92. The molecule has 2 aromatic rings. The quantitative estimate of drug-likeness (QED) is 0.848. The molecule has 0 saturated carbocycles. The van der Waals surface area contributed by atoms with E-state index in [0.29, 0.717) is 5.56 Å². The number of amides is 1. The number of rotatable bonds is 3. The van der Waals surface area contributed by atoms with E-state index in [1.165, 1.54) is 37.4 Å². The highest BCUT2D eigenvalue weighted by atomic mass is 19.1. The van der Waals surface area contributed by atoms with Gasteiger partial charge in [0, 0.05) is 12.6 Å². The Labute approximate surface area is 120 Å². The summed E-state index contributed by atoms with van der Waals surface area (Å²) in [6.45, 7) is 0. The van der Waals surface area contributed by atoms with Crippen LogP contribution in [0.5, 0.6) is 11.5 Å². The lowest BCUT2D eigenvalue weighted by molar-refractivity contribution is 0.0963. The molecule has 0 bridgehead atoms. The van der Waals surface area contributed by atoms with Crippen LogP contribution in [0.25, 0.3) is 0 Å². The van der Waals surface area contributed by atoms with E-state index < -0.39 is 5.82 Å². The number of nitrogen functional groups attached to an aromatic ring is 1. The van der Waals surface area contributed by atoms with Gasteiger partial charge in [0.1, 0.15) is 0 Å². The maximum atomic E-state index is 13.8. The van der Waals surface area contributed by atoms with Crippen molar-refractivity contribution in [3.63, 3.8) is 0 Å². The Morgan fingerprint density at radius 2 is 2.05 bits per heavy atom. The molecule has 0 saturated heterocycles. The molecule has 6 heteroatoms. The van der Waals surface area contributed by atoms with E-state index in [4.69, 9.17) is 15.7 Å². The van der Waals surface area contributed by atoms with E-state index in [2.05, 4.69) is 5.32 Å². The fraction of sp³-hybridized carbons (Fsp3) is 0.0667. The first-order valence-corrected chi connectivity index (χ1v) is 6.04. The molecule has 2 aromatic carbocycles. The summed E-state index contributed by atoms with van der Waals surface area (Å²) >= 11 is 0. The normalized spacial score (nSPS) is 9.76. The molecule has 0 radical (unpaired) electrons. The van der Waals surface area contributed by atoms with Crippen LogP contribution in [0.15, 0.2) is 36.4 Å². The largest absolute Gasteiger partial charge is 0.452 e. The van der Waals surface area contributed by atoms with Crippen LogP contribution in [-0.2, 0) is 0 Å². The lowest BCUT2D eigenvalue weighted by Gasteiger charge is -2.10. The summed E-state index contributed by atoms with van der Waals surface area (Å²) in [7, 11) is 1.50. The molecule has 21 heavy (non-hydrogen) atoms. The van der Waals surface area contributed by atoms with Crippen LogP contribution in [0, 0.1) is 17.1 Å². The van der Waals surface area contributed by atoms with Gasteiger partial charge in [-0.05, 0) is 36.4 Å². The molecule has 0 spiro atoms. The Hall–Kier alpha value is -3.07. The standard InChI is InChI=1S/C15H12FN3O2/c1-19-15(20)10-3-4-12(18)14(7-10)21-13-5-2-9(8-17)6-11(13)16/h2-7H,18H2,1H3,(H,19,20). The molecule has 0 unspecified atom stereocenters. The van der Waals surface area contributed by atoms with E-state index in [-0.39, 0.29) is 28.7 Å². The zero-order valence-electron chi connectivity index (χ0n) is 11.2. The van der Waals surface area contributed by atoms with Crippen molar-refractivity contribution in [3.05, 3.63) is 53.3 Å². The molecule has 0 aliphatic carbocycles. The van der Waals surface area contributed by atoms with Crippen LogP contribution < -0.4 is 15.8 Å². The predicted octanol–water partition coefficient (Wildman–Crippen LogP) is 2.43. The minimum Gasteiger partial charge on any atom is -0.452 e. The zero-order valence-corrected chi connectivity index (χ0v) is 11.2. The average Bonchev–Trinajstić information content (AvgIpc) is 2.50. The molecule has 1 amide bonds. The maximum Gasteiger partial charge on any atom is 0.251 e. The number of hydrogen-bond acceptors (Lipinski definition) is 4. The molecule has 5 nitrogen and oxygen atoms in total. The number of halogens is 1. The first kappa shape index (κ1) is 14.3. The smallest absolute Gasteiger partial charge is 0.251 e. The van der Waals surface area contributed by atoms with Crippen molar-refractivity contribution in [2.24, 2.45) is 0 Å². The fourth-order valence-electron chi connectivity index (χ4n) is 1.68. The molecule has 0 aliphatic heterocycles. The van der Waals surface area contributed by atoms with Crippen LogP contribution in [0.3, 0.4) is 0 Å². The number of carbonyl (C=O) groups is 1. The number of nitriles is 1. The summed E-state index contributed by atoms with van der Waals surface area (Å²) < 4.78 is 19.2. The van der Waals surface area contributed by atoms with Gasteiger partial charge in [-0.25, -0.2) is 4.39 Å². The summed E-state index contributed by atoms with van der Waals surface area (Å²) in [6.07, 6.45) is 0. The van der Waals surface area contributed by atoms with Crippen molar-refractivity contribution < 1.29 is 13.9 Å². The number of carbonyl (C=O) groups excluding carboxylic acids is 1. The van der Waals surface area contributed by atoms with Crippen molar-refractivity contribution in [2.45, 2.75) is 0 Å². The van der Waals surface area contributed by atoms with Crippen molar-refractivity contribution >= 4 is 11.6 Å². The highest BCUT2D eigenvalue weighted by molar-refractivity contribution is 5.95. The van der Waals surface area contributed by atoms with Crippen molar-refractivity contribution in [1.82, 2.24) is 5.32 Å². The van der Waals surface area contributed by atoms with Gasteiger partial charge in [-0.2, -0.15) is 5.26 Å². The Kier molecular flexibility index (Phi) is 4.05. The van der Waals surface area contributed by atoms with E-state index in [0.717, 1.165) is 6.07 Å². The summed E-state index contributed by atoms with van der Waals surface area (Å²) in [4.78, 5) is 11.6. The van der Waals surface area contributed by atoms with Gasteiger partial charge in [0.25, 0.3) is 5.91 Å². The molecule has 0 heterocycles. The predicted molar refractivity (Wildman–Crippen MR) is 75.4 cm³/mol. The van der Waals surface area contributed by atoms with Crippen LogP contribution in [0.4, 0.5) is 10.1 Å². The molecular formula is C15H12FN3O2. The van der Waals surface area contributed by atoms with Gasteiger partial charge in [0.05, 0.1) is 17.3 Å². The highest BCUT2D eigenvalue weighted by Gasteiger charge is 2.11. The van der Waals surface area contributed by atoms with Gasteiger partial charge in [-0.1, -0.05) is 0 Å². The average molecular weight is 285 g/mol. The second-order valence-corrected chi connectivity index (χ2v) is 4.19. The van der Waals surface area contributed by atoms with Gasteiger partial charge in [0.2, 0.25) is 0 Å². The minimum atomic E-state index is -0.682. The first-order chi connectivity index (χ1) is 10.0. The monoisotopic (exact) mass is 285 g/mol. The number of anilines is 1. The first-order valence-electron chi connectivity index (χ1n) is 6.04. The molecule has 0 fully saturated rings.